The van der Waals surface area contributed by atoms with Gasteiger partial charge in [-0.25, -0.2) is 19.3 Å². The van der Waals surface area contributed by atoms with Crippen LogP contribution >= 0.6 is 0 Å². The van der Waals surface area contributed by atoms with Crippen LogP contribution in [0.5, 0.6) is 0 Å². The number of aromatic nitrogens is 4. The van der Waals surface area contributed by atoms with Gasteiger partial charge < -0.3 is 10.4 Å². The minimum atomic E-state index is -0.300. The number of aromatic amines is 1. The van der Waals surface area contributed by atoms with E-state index in [4.69, 9.17) is 5.11 Å². The average molecular weight is 237 g/mol. The lowest BCUT2D eigenvalue weighted by Gasteiger charge is -2.14. The van der Waals surface area contributed by atoms with Crippen molar-refractivity contribution in [3.05, 3.63) is 22.4 Å². The van der Waals surface area contributed by atoms with E-state index in [-0.39, 0.29) is 18.3 Å². The Morgan fingerprint density at radius 2 is 2.41 bits per heavy atom. The summed E-state index contributed by atoms with van der Waals surface area (Å²) in [6, 6.07) is 1.62. The number of nitrogens with one attached hydrogen (secondary N) is 2. The van der Waals surface area contributed by atoms with Crippen molar-refractivity contribution in [2.75, 3.05) is 11.9 Å². The van der Waals surface area contributed by atoms with Crippen molar-refractivity contribution < 1.29 is 5.11 Å². The predicted octanol–water partition coefficient (Wildman–Crippen LogP) is -0.0912. The third kappa shape index (κ3) is 2.14. The molecule has 0 aliphatic heterocycles. The maximum atomic E-state index is 11.4. The van der Waals surface area contributed by atoms with Crippen LogP contribution in [0.15, 0.2) is 10.9 Å². The third-order valence-corrected chi connectivity index (χ3v) is 2.64. The summed E-state index contributed by atoms with van der Waals surface area (Å²) in [5.41, 5.74) is 0.212. The third-order valence-electron chi connectivity index (χ3n) is 2.64. The zero-order valence-electron chi connectivity index (χ0n) is 9.77. The van der Waals surface area contributed by atoms with E-state index in [1.165, 1.54) is 4.40 Å². The molecule has 3 N–H and O–H groups in total. The number of aryl methyl sites for hydroxylation is 1. The van der Waals surface area contributed by atoms with Gasteiger partial charge in [-0.1, -0.05) is 6.92 Å². The van der Waals surface area contributed by atoms with Gasteiger partial charge in [0.05, 0.1) is 12.6 Å². The Hall–Kier alpha value is -1.89. The Kier molecular flexibility index (Phi) is 3.10. The monoisotopic (exact) mass is 237 g/mol. The molecule has 2 rings (SSSR count). The Bertz CT molecular complexity index is 570. The number of nitrogens with zero attached hydrogens (tertiary/aromatic N) is 3. The average Bonchev–Trinajstić information content (AvgIpc) is 2.68. The highest BCUT2D eigenvalue weighted by Gasteiger charge is 2.09. The molecule has 2 heterocycles. The van der Waals surface area contributed by atoms with Crippen LogP contribution in [-0.2, 0) is 0 Å². The molecule has 1 atom stereocenters. The molecule has 2 aromatic rings. The predicted molar refractivity (Wildman–Crippen MR) is 63.1 cm³/mol. The molecule has 0 saturated carbocycles. The fraction of sp³-hybridized carbons (Fsp3) is 0.500. The fourth-order valence-electron chi connectivity index (χ4n) is 1.66. The quantitative estimate of drug-likeness (QED) is 0.690. The first-order valence-corrected chi connectivity index (χ1v) is 5.48. The van der Waals surface area contributed by atoms with Crippen LogP contribution < -0.4 is 11.0 Å². The topological polar surface area (TPSA) is 95.3 Å². The fourth-order valence-corrected chi connectivity index (χ4v) is 1.66. The molecule has 0 aliphatic rings. The molecule has 92 valence electrons. The van der Waals surface area contributed by atoms with Gasteiger partial charge in [-0.3, -0.25) is 0 Å². The molecule has 0 fully saturated rings. The summed E-state index contributed by atoms with van der Waals surface area (Å²) in [4.78, 5) is 15.6. The van der Waals surface area contributed by atoms with Crippen LogP contribution in [-0.4, -0.2) is 37.3 Å². The Morgan fingerprint density at radius 1 is 1.65 bits per heavy atom. The molecule has 0 bridgehead atoms. The van der Waals surface area contributed by atoms with E-state index in [1.54, 1.807) is 13.0 Å². The van der Waals surface area contributed by atoms with Gasteiger partial charge in [-0.15, -0.1) is 0 Å². The molecular formula is C10H15N5O2. The number of hydrogen-bond donors (Lipinski definition) is 3. The highest BCUT2D eigenvalue weighted by molar-refractivity contribution is 5.50. The maximum Gasteiger partial charge on any atom is 0.349 e. The van der Waals surface area contributed by atoms with Gasteiger partial charge >= 0.3 is 5.69 Å². The van der Waals surface area contributed by atoms with Crippen LogP contribution in [0.3, 0.4) is 0 Å². The SMILES string of the molecule is CCC(CO)Nc1cc2n[nH]c(=O)n2c(C)n1. The molecular weight excluding hydrogens is 222 g/mol. The highest BCUT2D eigenvalue weighted by Crippen LogP contribution is 2.10. The number of hydrogen-bond acceptors (Lipinski definition) is 5. The van der Waals surface area contributed by atoms with Crippen molar-refractivity contribution in [3.8, 4) is 0 Å². The second kappa shape index (κ2) is 4.54. The van der Waals surface area contributed by atoms with Crippen molar-refractivity contribution >= 4 is 11.5 Å². The van der Waals surface area contributed by atoms with Gasteiger partial charge in [-0.05, 0) is 13.3 Å². The van der Waals surface area contributed by atoms with Crippen molar-refractivity contribution in [2.45, 2.75) is 26.3 Å². The molecule has 0 aromatic carbocycles. The Morgan fingerprint density at radius 3 is 3.06 bits per heavy atom. The number of aliphatic hydroxyl groups is 1. The first kappa shape index (κ1) is 11.6. The molecule has 1 unspecified atom stereocenters. The summed E-state index contributed by atoms with van der Waals surface area (Å²) in [5.74, 6) is 1.16. The highest BCUT2D eigenvalue weighted by atomic mass is 16.3. The van der Waals surface area contributed by atoms with E-state index in [0.29, 0.717) is 17.3 Å². The number of rotatable bonds is 4. The summed E-state index contributed by atoms with van der Waals surface area (Å²) >= 11 is 0. The first-order valence-electron chi connectivity index (χ1n) is 5.48. The Labute approximate surface area is 97.5 Å². The molecule has 0 spiro atoms. The summed E-state index contributed by atoms with van der Waals surface area (Å²) in [7, 11) is 0. The second-order valence-electron chi connectivity index (χ2n) is 3.84. The molecule has 0 aliphatic carbocycles. The molecule has 0 radical (unpaired) electrons. The van der Waals surface area contributed by atoms with Crippen molar-refractivity contribution in [1.29, 1.82) is 0 Å². The smallest absolute Gasteiger partial charge is 0.349 e. The largest absolute Gasteiger partial charge is 0.394 e. The minimum absolute atomic E-state index is 0.0375. The Balaban J connectivity index is 2.40. The van der Waals surface area contributed by atoms with Crippen molar-refractivity contribution in [2.24, 2.45) is 0 Å². The van der Waals surface area contributed by atoms with Crippen LogP contribution in [0.1, 0.15) is 19.2 Å². The van der Waals surface area contributed by atoms with Crippen LogP contribution in [0, 0.1) is 6.92 Å². The second-order valence-corrected chi connectivity index (χ2v) is 3.84. The molecule has 7 nitrogen and oxygen atoms in total. The first-order chi connectivity index (χ1) is 8.15. The van der Waals surface area contributed by atoms with Gasteiger partial charge in [-0.2, -0.15) is 5.10 Å². The number of aliphatic hydroxyl groups excluding tert-OH is 1. The zero-order valence-corrected chi connectivity index (χ0v) is 9.77. The van der Waals surface area contributed by atoms with E-state index >= 15 is 0 Å². The van der Waals surface area contributed by atoms with Gasteiger partial charge in [0.1, 0.15) is 11.6 Å². The lowest BCUT2D eigenvalue weighted by Crippen LogP contribution is -2.24. The van der Waals surface area contributed by atoms with Gasteiger partial charge in [0.2, 0.25) is 0 Å². The van der Waals surface area contributed by atoms with Gasteiger partial charge in [0.25, 0.3) is 0 Å². The van der Waals surface area contributed by atoms with Gasteiger partial charge in [0, 0.05) is 6.07 Å². The standard InChI is InChI=1S/C10H15N5O2/c1-3-7(5-16)12-8-4-9-13-14-10(17)15(9)6(2)11-8/h4,7,12,16H,3,5H2,1-2H3,(H,14,17). The normalized spacial score (nSPS) is 12.9. The number of fused-ring (bicyclic) bond motifs is 1. The van der Waals surface area contributed by atoms with E-state index in [2.05, 4.69) is 20.5 Å². The number of anilines is 1. The minimum Gasteiger partial charge on any atom is -0.394 e. The van der Waals surface area contributed by atoms with E-state index in [1.807, 2.05) is 6.92 Å². The van der Waals surface area contributed by atoms with E-state index in [9.17, 15) is 4.79 Å². The summed E-state index contributed by atoms with van der Waals surface area (Å²) in [6.07, 6.45) is 0.787. The molecule has 0 amide bonds. The summed E-state index contributed by atoms with van der Waals surface area (Å²) < 4.78 is 1.39. The molecule has 17 heavy (non-hydrogen) atoms. The van der Waals surface area contributed by atoms with Crippen LogP contribution in [0.2, 0.25) is 0 Å². The van der Waals surface area contributed by atoms with Crippen molar-refractivity contribution in [3.63, 3.8) is 0 Å². The molecule has 0 saturated heterocycles. The van der Waals surface area contributed by atoms with E-state index < -0.39 is 0 Å². The van der Waals surface area contributed by atoms with Crippen molar-refractivity contribution in [1.82, 2.24) is 19.6 Å². The van der Waals surface area contributed by atoms with Gasteiger partial charge in [0.15, 0.2) is 5.65 Å². The van der Waals surface area contributed by atoms with E-state index in [0.717, 1.165) is 6.42 Å². The lowest BCUT2D eigenvalue weighted by atomic mass is 10.2. The lowest BCUT2D eigenvalue weighted by molar-refractivity contribution is 0.271. The zero-order chi connectivity index (χ0) is 12.4. The summed E-state index contributed by atoms with van der Waals surface area (Å²) in [5, 5.41) is 18.4. The summed E-state index contributed by atoms with van der Waals surface area (Å²) in [6.45, 7) is 3.74. The maximum absolute atomic E-state index is 11.4. The van der Waals surface area contributed by atoms with Crippen LogP contribution in [0.25, 0.3) is 5.65 Å². The molecule has 2 aromatic heterocycles. The van der Waals surface area contributed by atoms with Crippen LogP contribution in [0.4, 0.5) is 5.82 Å². The molecule has 7 heteroatoms. The number of H-pyrrole nitrogens is 1.